The molecule has 114 valence electrons. The van der Waals surface area contributed by atoms with Crippen LogP contribution in [-0.2, 0) is 6.42 Å². The second kappa shape index (κ2) is 11.6. The minimum atomic E-state index is 0.713. The van der Waals surface area contributed by atoms with Crippen molar-refractivity contribution >= 4 is 27.5 Å². The van der Waals surface area contributed by atoms with Crippen LogP contribution in [0.15, 0.2) is 24.3 Å². The highest BCUT2D eigenvalue weighted by molar-refractivity contribution is 9.09. The van der Waals surface area contributed by atoms with Gasteiger partial charge >= 0.3 is 0 Å². The molecule has 0 amide bonds. The molecule has 0 bridgehead atoms. The zero-order valence-electron chi connectivity index (χ0n) is 12.7. The Labute approximate surface area is 138 Å². The van der Waals surface area contributed by atoms with E-state index >= 15 is 0 Å². The first-order chi connectivity index (χ1) is 9.77. The summed E-state index contributed by atoms with van der Waals surface area (Å²) in [5.41, 5.74) is 1.29. The summed E-state index contributed by atoms with van der Waals surface area (Å²) in [5.74, 6) is 0.713. The first kappa shape index (κ1) is 18.0. The first-order valence-corrected chi connectivity index (χ1v) is 9.57. The largest absolute Gasteiger partial charge is 0.0925 e. The Balaban J connectivity index is 2.18. The van der Waals surface area contributed by atoms with Gasteiger partial charge in [-0.15, -0.1) is 0 Å². The molecule has 1 rings (SSSR count). The molecule has 0 nitrogen and oxygen atoms in total. The lowest BCUT2D eigenvalue weighted by molar-refractivity contribution is 0.487. The van der Waals surface area contributed by atoms with Crippen molar-refractivity contribution in [2.24, 2.45) is 5.92 Å². The minimum Gasteiger partial charge on any atom is -0.0925 e. The zero-order chi connectivity index (χ0) is 14.6. The van der Waals surface area contributed by atoms with Crippen LogP contribution < -0.4 is 0 Å². The monoisotopic (exact) mass is 358 g/mol. The highest BCUT2D eigenvalue weighted by Crippen LogP contribution is 2.23. The van der Waals surface area contributed by atoms with E-state index in [1.807, 2.05) is 12.1 Å². The molecule has 0 heterocycles. The average Bonchev–Trinajstić information content (AvgIpc) is 2.47. The molecule has 0 radical (unpaired) electrons. The Bertz CT molecular complexity index is 351. The summed E-state index contributed by atoms with van der Waals surface area (Å²) >= 11 is 9.90. The van der Waals surface area contributed by atoms with E-state index in [0.29, 0.717) is 5.92 Å². The van der Waals surface area contributed by atoms with E-state index in [1.54, 1.807) is 0 Å². The van der Waals surface area contributed by atoms with Gasteiger partial charge in [-0.1, -0.05) is 97.6 Å². The molecule has 0 fully saturated rings. The van der Waals surface area contributed by atoms with Gasteiger partial charge in [0, 0.05) is 10.4 Å². The van der Waals surface area contributed by atoms with Gasteiger partial charge in [0.1, 0.15) is 0 Å². The summed E-state index contributed by atoms with van der Waals surface area (Å²) in [6.07, 6.45) is 12.1. The number of alkyl halides is 1. The van der Waals surface area contributed by atoms with Crippen molar-refractivity contribution in [2.75, 3.05) is 5.33 Å². The molecule has 0 aromatic heterocycles. The van der Waals surface area contributed by atoms with Crippen molar-refractivity contribution in [3.8, 4) is 0 Å². The van der Waals surface area contributed by atoms with Crippen LogP contribution >= 0.6 is 27.5 Å². The normalized spacial score (nSPS) is 12.6. The first-order valence-electron chi connectivity index (χ1n) is 8.07. The molecule has 2 heteroatoms. The highest BCUT2D eigenvalue weighted by atomic mass is 79.9. The number of hydrogen-bond acceptors (Lipinski definition) is 0. The molecule has 20 heavy (non-hydrogen) atoms. The molecule has 0 spiro atoms. The number of unbranched alkanes of at least 4 members (excludes halogenated alkanes) is 6. The second-order valence-corrected chi connectivity index (χ2v) is 6.78. The van der Waals surface area contributed by atoms with Crippen molar-refractivity contribution < 1.29 is 0 Å². The van der Waals surface area contributed by atoms with Crippen LogP contribution in [0.3, 0.4) is 0 Å². The Hall–Kier alpha value is -0.0100. The summed E-state index contributed by atoms with van der Waals surface area (Å²) in [7, 11) is 0. The minimum absolute atomic E-state index is 0.713. The predicted octanol–water partition coefficient (Wildman–Crippen LogP) is 7.03. The third-order valence-corrected chi connectivity index (χ3v) is 5.18. The maximum atomic E-state index is 6.24. The fourth-order valence-corrected chi connectivity index (χ4v) is 3.36. The number of benzene rings is 1. The molecular weight excluding hydrogens is 332 g/mol. The van der Waals surface area contributed by atoms with E-state index in [4.69, 9.17) is 11.6 Å². The smallest absolute Gasteiger partial charge is 0.0438 e. The molecule has 0 N–H and O–H groups in total. The second-order valence-electron chi connectivity index (χ2n) is 5.73. The quantitative estimate of drug-likeness (QED) is 0.294. The van der Waals surface area contributed by atoms with Crippen molar-refractivity contribution in [1.29, 1.82) is 0 Å². The maximum absolute atomic E-state index is 6.24. The number of halogens is 2. The predicted molar refractivity (Wildman–Crippen MR) is 95.1 cm³/mol. The molecule has 0 saturated carbocycles. The summed E-state index contributed by atoms with van der Waals surface area (Å²) < 4.78 is 0. The fraction of sp³-hybridized carbons (Fsp3) is 0.667. The van der Waals surface area contributed by atoms with Crippen LogP contribution in [0, 0.1) is 5.92 Å². The van der Waals surface area contributed by atoms with Gasteiger partial charge in [-0.3, -0.25) is 0 Å². The summed E-state index contributed by atoms with van der Waals surface area (Å²) in [6, 6.07) is 8.24. The lowest BCUT2D eigenvalue weighted by Gasteiger charge is -2.15. The Morgan fingerprint density at radius 1 is 1.00 bits per heavy atom. The highest BCUT2D eigenvalue weighted by Gasteiger charge is 2.10. The van der Waals surface area contributed by atoms with Crippen LogP contribution in [0.2, 0.25) is 5.02 Å². The van der Waals surface area contributed by atoms with Gasteiger partial charge in [0.25, 0.3) is 0 Å². The Kier molecular flexibility index (Phi) is 10.5. The summed E-state index contributed by atoms with van der Waals surface area (Å²) in [5, 5.41) is 1.99. The molecule has 0 aliphatic rings. The third kappa shape index (κ3) is 7.69. The molecule has 1 atom stereocenters. The van der Waals surface area contributed by atoms with E-state index in [-0.39, 0.29) is 0 Å². The standard InChI is InChI=1S/C18H28BrCl/c1-2-3-4-5-6-7-8-11-16(15-19)14-17-12-9-10-13-18(17)20/h9-10,12-13,16H,2-8,11,14-15H2,1H3. The van der Waals surface area contributed by atoms with Gasteiger partial charge in [0.2, 0.25) is 0 Å². The SMILES string of the molecule is CCCCCCCCCC(CBr)Cc1ccccc1Cl. The Morgan fingerprint density at radius 3 is 2.30 bits per heavy atom. The van der Waals surface area contributed by atoms with Gasteiger partial charge in [-0.2, -0.15) is 0 Å². The molecule has 1 aromatic rings. The van der Waals surface area contributed by atoms with Crippen LogP contribution in [0.5, 0.6) is 0 Å². The topological polar surface area (TPSA) is 0 Å². The fourth-order valence-electron chi connectivity index (χ4n) is 2.60. The maximum Gasteiger partial charge on any atom is 0.0438 e. The molecule has 0 aliphatic carbocycles. The molecule has 1 aromatic carbocycles. The Morgan fingerprint density at radius 2 is 1.65 bits per heavy atom. The zero-order valence-corrected chi connectivity index (χ0v) is 15.1. The van der Waals surface area contributed by atoms with Gasteiger partial charge in [0.05, 0.1) is 0 Å². The van der Waals surface area contributed by atoms with Crippen molar-refractivity contribution in [3.05, 3.63) is 34.9 Å². The van der Waals surface area contributed by atoms with Crippen LogP contribution in [0.25, 0.3) is 0 Å². The van der Waals surface area contributed by atoms with E-state index < -0.39 is 0 Å². The summed E-state index contributed by atoms with van der Waals surface area (Å²) in [6.45, 7) is 2.27. The van der Waals surface area contributed by atoms with E-state index in [0.717, 1.165) is 16.8 Å². The van der Waals surface area contributed by atoms with Crippen molar-refractivity contribution in [2.45, 2.75) is 64.7 Å². The van der Waals surface area contributed by atoms with Crippen LogP contribution in [-0.4, -0.2) is 5.33 Å². The van der Waals surface area contributed by atoms with Gasteiger partial charge < -0.3 is 0 Å². The van der Waals surface area contributed by atoms with Crippen molar-refractivity contribution in [1.82, 2.24) is 0 Å². The lowest BCUT2D eigenvalue weighted by atomic mass is 9.95. The summed E-state index contributed by atoms with van der Waals surface area (Å²) in [4.78, 5) is 0. The molecule has 0 aliphatic heterocycles. The van der Waals surface area contributed by atoms with Crippen molar-refractivity contribution in [3.63, 3.8) is 0 Å². The molecule has 1 unspecified atom stereocenters. The van der Waals surface area contributed by atoms with Gasteiger partial charge in [0.15, 0.2) is 0 Å². The lowest BCUT2D eigenvalue weighted by Crippen LogP contribution is -2.06. The van der Waals surface area contributed by atoms with Crippen LogP contribution in [0.4, 0.5) is 0 Å². The van der Waals surface area contributed by atoms with Gasteiger partial charge in [-0.05, 0) is 30.4 Å². The van der Waals surface area contributed by atoms with Gasteiger partial charge in [-0.25, -0.2) is 0 Å². The molecular formula is C18H28BrCl. The van der Waals surface area contributed by atoms with Crippen LogP contribution in [0.1, 0.15) is 63.9 Å². The number of hydrogen-bond donors (Lipinski definition) is 0. The van der Waals surface area contributed by atoms with E-state index in [2.05, 4.69) is 35.0 Å². The molecule has 0 saturated heterocycles. The number of rotatable bonds is 11. The van der Waals surface area contributed by atoms with E-state index in [9.17, 15) is 0 Å². The average molecular weight is 360 g/mol. The van der Waals surface area contributed by atoms with E-state index in [1.165, 1.54) is 56.9 Å². The third-order valence-electron chi connectivity index (χ3n) is 3.90.